The first-order valence-corrected chi connectivity index (χ1v) is 9.52. The Bertz CT molecular complexity index is 1350. The van der Waals surface area contributed by atoms with E-state index in [9.17, 15) is 4.79 Å². The highest BCUT2D eigenvalue weighted by Gasteiger charge is 2.14. The van der Waals surface area contributed by atoms with Crippen molar-refractivity contribution in [3.05, 3.63) is 96.6 Å². The molecule has 5 rings (SSSR count). The average Bonchev–Trinajstić information content (AvgIpc) is 3.13. The zero-order valence-corrected chi connectivity index (χ0v) is 16.0. The SMILES string of the molecule is COc1ccc(-c2ccc3c(c2)c2ccccc2n3-c2ccccc2)c(C=O)c1. The van der Waals surface area contributed by atoms with Gasteiger partial charge in [-0.15, -0.1) is 0 Å². The average molecular weight is 377 g/mol. The first kappa shape index (κ1) is 17.3. The molecule has 0 fully saturated rings. The number of aldehydes is 1. The van der Waals surface area contributed by atoms with Crippen LogP contribution in [0.5, 0.6) is 5.75 Å². The van der Waals surface area contributed by atoms with Gasteiger partial charge in [-0.05, 0) is 59.7 Å². The molecule has 0 radical (unpaired) electrons. The molecule has 0 bridgehead atoms. The second kappa shape index (κ2) is 6.95. The molecular weight excluding hydrogens is 358 g/mol. The summed E-state index contributed by atoms with van der Waals surface area (Å²) in [7, 11) is 1.61. The summed E-state index contributed by atoms with van der Waals surface area (Å²) in [6.45, 7) is 0. The van der Waals surface area contributed by atoms with Gasteiger partial charge in [-0.3, -0.25) is 4.79 Å². The van der Waals surface area contributed by atoms with Crippen molar-refractivity contribution in [1.29, 1.82) is 0 Å². The maximum Gasteiger partial charge on any atom is 0.150 e. The van der Waals surface area contributed by atoms with Crippen molar-refractivity contribution in [1.82, 2.24) is 4.57 Å². The van der Waals surface area contributed by atoms with Crippen LogP contribution in [-0.2, 0) is 0 Å². The number of para-hydroxylation sites is 2. The number of ether oxygens (including phenoxy) is 1. The van der Waals surface area contributed by atoms with Gasteiger partial charge in [0.15, 0.2) is 6.29 Å². The van der Waals surface area contributed by atoms with Crippen LogP contribution in [-0.4, -0.2) is 18.0 Å². The van der Waals surface area contributed by atoms with Crippen LogP contribution in [0.4, 0.5) is 0 Å². The first-order chi connectivity index (χ1) is 14.3. The van der Waals surface area contributed by atoms with E-state index in [4.69, 9.17) is 4.74 Å². The summed E-state index contributed by atoms with van der Waals surface area (Å²) >= 11 is 0. The first-order valence-electron chi connectivity index (χ1n) is 9.52. The van der Waals surface area contributed by atoms with E-state index in [1.807, 2.05) is 18.2 Å². The van der Waals surface area contributed by atoms with E-state index in [-0.39, 0.29) is 0 Å². The smallest absolute Gasteiger partial charge is 0.150 e. The molecule has 0 aliphatic carbocycles. The number of aromatic nitrogens is 1. The molecule has 0 spiro atoms. The van der Waals surface area contributed by atoms with Crippen molar-refractivity contribution in [2.75, 3.05) is 7.11 Å². The maximum absolute atomic E-state index is 11.7. The van der Waals surface area contributed by atoms with Crippen LogP contribution in [0.1, 0.15) is 10.4 Å². The fourth-order valence-electron chi connectivity index (χ4n) is 4.02. The molecule has 1 heterocycles. The Hall–Kier alpha value is -3.85. The van der Waals surface area contributed by atoms with Crippen LogP contribution >= 0.6 is 0 Å². The van der Waals surface area contributed by atoms with E-state index in [1.165, 1.54) is 5.39 Å². The largest absolute Gasteiger partial charge is 0.497 e. The van der Waals surface area contributed by atoms with Gasteiger partial charge in [0.25, 0.3) is 0 Å². The monoisotopic (exact) mass is 377 g/mol. The zero-order valence-electron chi connectivity index (χ0n) is 16.0. The summed E-state index contributed by atoms with van der Waals surface area (Å²) in [6.07, 6.45) is 0.884. The van der Waals surface area contributed by atoms with Crippen molar-refractivity contribution in [3.63, 3.8) is 0 Å². The quantitative estimate of drug-likeness (QED) is 0.346. The second-order valence-corrected chi connectivity index (χ2v) is 6.99. The van der Waals surface area contributed by atoms with Crippen LogP contribution in [0.15, 0.2) is 91.0 Å². The highest BCUT2D eigenvalue weighted by molar-refractivity contribution is 6.10. The lowest BCUT2D eigenvalue weighted by molar-refractivity contribution is 0.112. The van der Waals surface area contributed by atoms with Gasteiger partial charge in [0.05, 0.1) is 18.1 Å². The van der Waals surface area contributed by atoms with Crippen molar-refractivity contribution in [3.8, 4) is 22.6 Å². The minimum Gasteiger partial charge on any atom is -0.497 e. The molecule has 1 aromatic heterocycles. The van der Waals surface area contributed by atoms with Crippen LogP contribution in [0.2, 0.25) is 0 Å². The molecule has 140 valence electrons. The molecule has 0 amide bonds. The Morgan fingerprint density at radius 1 is 0.759 bits per heavy atom. The molecule has 3 nitrogen and oxygen atoms in total. The van der Waals surface area contributed by atoms with Gasteiger partial charge in [-0.2, -0.15) is 0 Å². The van der Waals surface area contributed by atoms with Crippen LogP contribution in [0.3, 0.4) is 0 Å². The van der Waals surface area contributed by atoms with Gasteiger partial charge in [0.2, 0.25) is 0 Å². The number of fused-ring (bicyclic) bond motifs is 3. The molecule has 5 aromatic rings. The molecular formula is C26H19NO2. The standard InChI is InChI=1S/C26H19NO2/c1-29-21-12-13-22(19(15-21)17-28)18-11-14-26-24(16-18)23-9-5-6-10-25(23)27(26)20-7-3-2-4-8-20/h2-17H,1H3. The molecule has 0 aliphatic heterocycles. The molecule has 0 saturated heterocycles. The second-order valence-electron chi connectivity index (χ2n) is 6.99. The van der Waals surface area contributed by atoms with Gasteiger partial charge < -0.3 is 9.30 Å². The third kappa shape index (κ3) is 2.79. The molecule has 4 aromatic carbocycles. The number of carbonyl (C=O) groups excluding carboxylic acids is 1. The van der Waals surface area contributed by atoms with E-state index < -0.39 is 0 Å². The van der Waals surface area contributed by atoms with Gasteiger partial charge in [0, 0.05) is 22.0 Å². The van der Waals surface area contributed by atoms with Crippen molar-refractivity contribution >= 4 is 28.1 Å². The van der Waals surface area contributed by atoms with Crippen molar-refractivity contribution in [2.45, 2.75) is 0 Å². The highest BCUT2D eigenvalue weighted by Crippen LogP contribution is 2.35. The number of carbonyl (C=O) groups is 1. The van der Waals surface area contributed by atoms with Crippen molar-refractivity contribution in [2.24, 2.45) is 0 Å². The minimum atomic E-state index is 0.621. The lowest BCUT2D eigenvalue weighted by Crippen LogP contribution is -1.93. The molecule has 0 saturated carbocycles. The Morgan fingerprint density at radius 2 is 1.52 bits per heavy atom. The Balaban J connectivity index is 1.79. The highest BCUT2D eigenvalue weighted by atomic mass is 16.5. The van der Waals surface area contributed by atoms with E-state index in [1.54, 1.807) is 13.2 Å². The van der Waals surface area contributed by atoms with Gasteiger partial charge in [-0.25, -0.2) is 0 Å². The van der Waals surface area contributed by atoms with Crippen LogP contribution < -0.4 is 4.74 Å². The summed E-state index contributed by atoms with van der Waals surface area (Å²) in [5, 5.41) is 2.35. The number of rotatable bonds is 4. The Morgan fingerprint density at radius 3 is 2.31 bits per heavy atom. The van der Waals surface area contributed by atoms with Gasteiger partial charge >= 0.3 is 0 Å². The summed E-state index contributed by atoms with van der Waals surface area (Å²) in [4.78, 5) is 11.7. The number of benzene rings is 4. The van der Waals surface area contributed by atoms with Crippen molar-refractivity contribution < 1.29 is 9.53 Å². The third-order valence-electron chi connectivity index (χ3n) is 5.38. The third-order valence-corrected chi connectivity index (χ3v) is 5.38. The molecule has 0 aliphatic rings. The number of hydrogen-bond acceptors (Lipinski definition) is 2. The van der Waals surface area contributed by atoms with Crippen LogP contribution in [0.25, 0.3) is 38.6 Å². The van der Waals surface area contributed by atoms with Crippen LogP contribution in [0, 0.1) is 0 Å². The molecule has 3 heteroatoms. The summed E-state index contributed by atoms with van der Waals surface area (Å²) in [5.41, 5.74) is 5.97. The Labute approximate surface area is 168 Å². The summed E-state index contributed by atoms with van der Waals surface area (Å²) in [6, 6.07) is 30.8. The predicted molar refractivity (Wildman–Crippen MR) is 118 cm³/mol. The summed E-state index contributed by atoms with van der Waals surface area (Å²) in [5.74, 6) is 0.678. The van der Waals surface area contributed by atoms with E-state index >= 15 is 0 Å². The number of nitrogens with zero attached hydrogens (tertiary/aromatic N) is 1. The molecule has 29 heavy (non-hydrogen) atoms. The lowest BCUT2D eigenvalue weighted by atomic mass is 9.98. The lowest BCUT2D eigenvalue weighted by Gasteiger charge is -2.09. The van der Waals surface area contributed by atoms with Gasteiger partial charge in [0.1, 0.15) is 5.75 Å². The topological polar surface area (TPSA) is 31.2 Å². The minimum absolute atomic E-state index is 0.621. The zero-order chi connectivity index (χ0) is 19.8. The fraction of sp³-hybridized carbons (Fsp3) is 0.0385. The molecule has 0 N–H and O–H groups in total. The maximum atomic E-state index is 11.7. The number of methoxy groups -OCH3 is 1. The van der Waals surface area contributed by atoms with E-state index in [0.717, 1.165) is 39.5 Å². The Kier molecular flexibility index (Phi) is 4.14. The molecule has 0 unspecified atom stereocenters. The summed E-state index contributed by atoms with van der Waals surface area (Å²) < 4.78 is 7.55. The number of hydrogen-bond donors (Lipinski definition) is 0. The van der Waals surface area contributed by atoms with Gasteiger partial charge in [-0.1, -0.05) is 42.5 Å². The van der Waals surface area contributed by atoms with E-state index in [0.29, 0.717) is 11.3 Å². The predicted octanol–water partition coefficient (Wildman–Crippen LogP) is 6.27. The normalized spacial score (nSPS) is 11.1. The van der Waals surface area contributed by atoms with E-state index in [2.05, 4.69) is 71.3 Å². The fourth-order valence-corrected chi connectivity index (χ4v) is 4.02. The molecule has 0 atom stereocenters.